The van der Waals surface area contributed by atoms with Gasteiger partial charge in [-0.15, -0.1) is 11.3 Å². The minimum absolute atomic E-state index is 0.117. The minimum atomic E-state index is -0.117. The van der Waals surface area contributed by atoms with Crippen LogP contribution >= 0.6 is 11.3 Å². The number of amides is 1. The summed E-state index contributed by atoms with van der Waals surface area (Å²) in [5.41, 5.74) is 1.63. The first-order valence-corrected chi connectivity index (χ1v) is 6.61. The molecule has 0 aliphatic carbocycles. The smallest absolute Gasteiger partial charge is 0.265 e. The van der Waals surface area contributed by atoms with Gasteiger partial charge in [0.2, 0.25) is 0 Å². The van der Waals surface area contributed by atoms with Gasteiger partial charge in [0.25, 0.3) is 5.91 Å². The molecule has 96 valence electrons. The second kappa shape index (κ2) is 4.47. The van der Waals surface area contributed by atoms with Gasteiger partial charge >= 0.3 is 0 Å². The third-order valence-corrected chi connectivity index (χ3v) is 4.04. The maximum absolute atomic E-state index is 12.1. The molecular formula is C13H12N4OS. The van der Waals surface area contributed by atoms with Gasteiger partial charge < -0.3 is 5.32 Å². The van der Waals surface area contributed by atoms with Crippen molar-refractivity contribution in [3.8, 4) is 0 Å². The first-order valence-electron chi connectivity index (χ1n) is 5.79. The second-order valence-electron chi connectivity index (χ2n) is 4.23. The Hall–Kier alpha value is -2.21. The van der Waals surface area contributed by atoms with Gasteiger partial charge in [0.1, 0.15) is 4.83 Å². The fourth-order valence-corrected chi connectivity index (χ4v) is 2.96. The van der Waals surface area contributed by atoms with E-state index < -0.39 is 0 Å². The molecule has 0 aliphatic heterocycles. The summed E-state index contributed by atoms with van der Waals surface area (Å²) in [6.45, 7) is 1.94. The molecule has 1 amide bonds. The van der Waals surface area contributed by atoms with Gasteiger partial charge in [0.15, 0.2) is 0 Å². The van der Waals surface area contributed by atoms with Crippen molar-refractivity contribution >= 4 is 33.1 Å². The standard InChI is InChI=1S/C13H12N4OS/c1-8-10-6-11(19-13(10)17(2)16-8)12(18)15-9-4-3-5-14-7-9/h3-7H,1-2H3,(H,15,18). The molecule has 0 bridgehead atoms. The molecular weight excluding hydrogens is 260 g/mol. The van der Waals surface area contributed by atoms with Crippen LogP contribution in [0.3, 0.4) is 0 Å². The van der Waals surface area contributed by atoms with Gasteiger partial charge in [-0.05, 0) is 25.1 Å². The molecule has 3 aromatic rings. The highest BCUT2D eigenvalue weighted by Gasteiger charge is 2.15. The van der Waals surface area contributed by atoms with Gasteiger partial charge in [-0.25, -0.2) is 0 Å². The van der Waals surface area contributed by atoms with Crippen molar-refractivity contribution in [2.45, 2.75) is 6.92 Å². The van der Waals surface area contributed by atoms with Crippen LogP contribution in [-0.2, 0) is 7.05 Å². The maximum Gasteiger partial charge on any atom is 0.265 e. The zero-order valence-corrected chi connectivity index (χ0v) is 11.4. The summed E-state index contributed by atoms with van der Waals surface area (Å²) >= 11 is 1.44. The number of carbonyl (C=O) groups excluding carboxylic acids is 1. The van der Waals surface area contributed by atoms with Crippen LogP contribution in [0.2, 0.25) is 0 Å². The highest BCUT2D eigenvalue weighted by Crippen LogP contribution is 2.28. The van der Waals surface area contributed by atoms with E-state index in [2.05, 4.69) is 15.4 Å². The van der Waals surface area contributed by atoms with Crippen molar-refractivity contribution in [1.82, 2.24) is 14.8 Å². The molecule has 1 N–H and O–H groups in total. The average Bonchev–Trinajstić information content (AvgIpc) is 2.94. The molecule has 0 aromatic carbocycles. The summed E-state index contributed by atoms with van der Waals surface area (Å²) in [6, 6.07) is 5.48. The van der Waals surface area contributed by atoms with E-state index in [1.54, 1.807) is 23.1 Å². The first kappa shape index (κ1) is 11.9. The zero-order valence-electron chi connectivity index (χ0n) is 10.5. The number of fused-ring (bicyclic) bond motifs is 1. The van der Waals surface area contributed by atoms with Crippen LogP contribution in [-0.4, -0.2) is 20.7 Å². The van der Waals surface area contributed by atoms with E-state index >= 15 is 0 Å². The number of hydrogen-bond acceptors (Lipinski definition) is 4. The van der Waals surface area contributed by atoms with Crippen molar-refractivity contribution in [3.63, 3.8) is 0 Å². The lowest BCUT2D eigenvalue weighted by molar-refractivity contribution is 0.103. The number of anilines is 1. The molecule has 5 nitrogen and oxygen atoms in total. The fraction of sp³-hybridized carbons (Fsp3) is 0.154. The quantitative estimate of drug-likeness (QED) is 0.780. The number of hydrogen-bond donors (Lipinski definition) is 1. The Balaban J connectivity index is 1.92. The molecule has 0 saturated heterocycles. The van der Waals surface area contributed by atoms with Crippen molar-refractivity contribution in [3.05, 3.63) is 41.2 Å². The SMILES string of the molecule is Cc1nn(C)c2sc(C(=O)Nc3cccnc3)cc12. The summed E-state index contributed by atoms with van der Waals surface area (Å²) < 4.78 is 1.80. The molecule has 0 saturated carbocycles. The topological polar surface area (TPSA) is 59.8 Å². The van der Waals surface area contributed by atoms with Crippen molar-refractivity contribution in [1.29, 1.82) is 0 Å². The Morgan fingerprint density at radius 2 is 2.32 bits per heavy atom. The molecule has 0 unspecified atom stereocenters. The Kier molecular flexibility index (Phi) is 2.79. The number of thiophene rings is 1. The number of nitrogens with one attached hydrogen (secondary N) is 1. The van der Waals surface area contributed by atoms with Gasteiger partial charge in [0.05, 0.1) is 22.5 Å². The summed E-state index contributed by atoms with van der Waals surface area (Å²) in [5, 5.41) is 8.18. The molecule has 3 heterocycles. The monoisotopic (exact) mass is 272 g/mol. The first-order chi connectivity index (χ1) is 9.15. The molecule has 0 spiro atoms. The molecule has 0 radical (unpaired) electrons. The Labute approximate surface area is 113 Å². The van der Waals surface area contributed by atoms with Gasteiger partial charge in [-0.2, -0.15) is 5.10 Å². The molecule has 3 aromatic heterocycles. The molecule has 0 fully saturated rings. The van der Waals surface area contributed by atoms with Crippen LogP contribution in [0.15, 0.2) is 30.6 Å². The van der Waals surface area contributed by atoms with Crippen LogP contribution in [0.25, 0.3) is 10.2 Å². The minimum Gasteiger partial charge on any atom is -0.320 e. The number of carbonyl (C=O) groups is 1. The fourth-order valence-electron chi connectivity index (χ4n) is 1.95. The van der Waals surface area contributed by atoms with E-state index in [1.165, 1.54) is 11.3 Å². The van der Waals surface area contributed by atoms with Crippen molar-refractivity contribution in [2.24, 2.45) is 7.05 Å². The Morgan fingerprint density at radius 3 is 3.00 bits per heavy atom. The Morgan fingerprint density at radius 1 is 1.47 bits per heavy atom. The summed E-state index contributed by atoms with van der Waals surface area (Å²) in [5.74, 6) is -0.117. The number of rotatable bonds is 2. The largest absolute Gasteiger partial charge is 0.320 e. The van der Waals surface area contributed by atoms with E-state index in [0.29, 0.717) is 10.6 Å². The van der Waals surface area contributed by atoms with Crippen molar-refractivity contribution < 1.29 is 4.79 Å². The van der Waals surface area contributed by atoms with Crippen LogP contribution in [0, 0.1) is 6.92 Å². The maximum atomic E-state index is 12.1. The second-order valence-corrected chi connectivity index (χ2v) is 5.26. The molecule has 3 rings (SSSR count). The van der Waals surface area contributed by atoms with E-state index in [4.69, 9.17) is 0 Å². The molecule has 19 heavy (non-hydrogen) atoms. The lowest BCUT2D eigenvalue weighted by atomic mass is 10.3. The van der Waals surface area contributed by atoms with E-state index in [0.717, 1.165) is 15.9 Å². The highest BCUT2D eigenvalue weighted by molar-refractivity contribution is 7.20. The molecule has 0 atom stereocenters. The summed E-state index contributed by atoms with van der Waals surface area (Å²) in [4.78, 5) is 17.8. The molecule has 6 heteroatoms. The van der Waals surface area contributed by atoms with Crippen LogP contribution in [0.1, 0.15) is 15.4 Å². The van der Waals surface area contributed by atoms with E-state index in [-0.39, 0.29) is 5.91 Å². The average molecular weight is 272 g/mol. The van der Waals surface area contributed by atoms with Crippen LogP contribution < -0.4 is 5.32 Å². The number of aromatic nitrogens is 3. The zero-order chi connectivity index (χ0) is 13.4. The normalized spacial score (nSPS) is 10.8. The number of aryl methyl sites for hydroxylation is 2. The lowest BCUT2D eigenvalue weighted by Crippen LogP contribution is -2.10. The summed E-state index contributed by atoms with van der Waals surface area (Å²) in [7, 11) is 1.88. The van der Waals surface area contributed by atoms with E-state index in [1.807, 2.05) is 26.1 Å². The number of nitrogens with zero attached hydrogens (tertiary/aromatic N) is 3. The predicted molar refractivity (Wildman–Crippen MR) is 75.5 cm³/mol. The summed E-state index contributed by atoms with van der Waals surface area (Å²) in [6.07, 6.45) is 3.29. The highest BCUT2D eigenvalue weighted by atomic mass is 32.1. The van der Waals surface area contributed by atoms with Gasteiger partial charge in [-0.3, -0.25) is 14.5 Å². The third-order valence-electron chi connectivity index (χ3n) is 2.84. The van der Waals surface area contributed by atoms with Crippen molar-refractivity contribution in [2.75, 3.05) is 5.32 Å². The Bertz CT molecular complexity index is 710. The van der Waals surface area contributed by atoms with Gasteiger partial charge in [-0.1, -0.05) is 0 Å². The van der Waals surface area contributed by atoms with Crippen LogP contribution in [0.4, 0.5) is 5.69 Å². The van der Waals surface area contributed by atoms with Gasteiger partial charge in [0, 0.05) is 18.6 Å². The predicted octanol–water partition coefficient (Wildman–Crippen LogP) is 2.59. The van der Waals surface area contributed by atoms with E-state index in [9.17, 15) is 4.79 Å². The molecule has 0 aliphatic rings. The number of pyridine rings is 1. The van der Waals surface area contributed by atoms with Crippen LogP contribution in [0.5, 0.6) is 0 Å². The lowest BCUT2D eigenvalue weighted by Gasteiger charge is -2.01. The third kappa shape index (κ3) is 2.10.